The number of imidazole rings is 1. The number of aryl methyl sites for hydroxylation is 1. The van der Waals surface area contributed by atoms with E-state index in [-0.39, 0.29) is 17.7 Å². The Morgan fingerprint density at radius 3 is 2.71 bits per heavy atom. The third-order valence-corrected chi connectivity index (χ3v) is 8.68. The first-order valence-corrected chi connectivity index (χ1v) is 15.1. The molecule has 1 aromatic carbocycles. The maximum Gasteiger partial charge on any atom is 0.274 e. The molecule has 2 fully saturated rings. The first kappa shape index (κ1) is 27.3. The van der Waals surface area contributed by atoms with Gasteiger partial charge in [0, 0.05) is 31.7 Å². The van der Waals surface area contributed by atoms with Crippen LogP contribution in [0.4, 0.5) is 11.6 Å². The van der Waals surface area contributed by atoms with E-state index >= 15 is 0 Å². The number of hydrogen-bond acceptors (Lipinski definition) is 9. The largest absolute Gasteiger partial charge is 0.491 e. The number of fused-ring (bicyclic) bond motifs is 2. The molecule has 0 saturated heterocycles. The van der Waals surface area contributed by atoms with Gasteiger partial charge < -0.3 is 28.7 Å². The number of anilines is 2. The van der Waals surface area contributed by atoms with Crippen molar-refractivity contribution in [2.24, 2.45) is 7.05 Å². The van der Waals surface area contributed by atoms with E-state index in [9.17, 15) is 4.79 Å². The molecule has 0 unspecified atom stereocenters. The number of nitrogens with one attached hydrogen (secondary N) is 1. The lowest BCUT2D eigenvalue weighted by molar-refractivity contribution is -0.0364. The van der Waals surface area contributed by atoms with Crippen molar-refractivity contribution in [1.29, 1.82) is 0 Å². The molecule has 12 heteroatoms. The molecule has 6 aromatic rings. The van der Waals surface area contributed by atoms with E-state index in [2.05, 4.69) is 32.5 Å². The minimum Gasteiger partial charge on any atom is -0.491 e. The highest BCUT2D eigenvalue weighted by molar-refractivity contribution is 5.85. The molecule has 2 saturated carbocycles. The molecule has 0 aliphatic heterocycles. The predicted molar refractivity (Wildman–Crippen MR) is 167 cm³/mol. The van der Waals surface area contributed by atoms with Crippen LogP contribution in [0.15, 0.2) is 78.4 Å². The second-order valence-electron chi connectivity index (χ2n) is 11.7. The Balaban J connectivity index is 1.06. The fourth-order valence-corrected chi connectivity index (χ4v) is 5.95. The van der Waals surface area contributed by atoms with Crippen LogP contribution in [0.5, 0.6) is 17.2 Å². The van der Waals surface area contributed by atoms with Gasteiger partial charge in [0.2, 0.25) is 5.95 Å². The van der Waals surface area contributed by atoms with E-state index in [0.29, 0.717) is 58.1 Å². The Bertz CT molecular complexity index is 2080. The van der Waals surface area contributed by atoms with Gasteiger partial charge in [-0.2, -0.15) is 10.1 Å². The molecule has 8 rings (SSSR count). The number of benzene rings is 1. The van der Waals surface area contributed by atoms with E-state index in [1.165, 1.54) is 5.56 Å². The van der Waals surface area contributed by atoms with E-state index in [0.717, 1.165) is 31.2 Å². The molecular weight excluding hydrogens is 572 g/mol. The summed E-state index contributed by atoms with van der Waals surface area (Å²) in [5.41, 5.74) is 4.52. The van der Waals surface area contributed by atoms with E-state index in [1.807, 2.05) is 46.6 Å². The van der Waals surface area contributed by atoms with Gasteiger partial charge in [0.25, 0.3) is 5.56 Å². The topological polar surface area (TPSA) is 123 Å². The monoisotopic (exact) mass is 604 g/mol. The molecule has 1 N–H and O–H groups in total. The van der Waals surface area contributed by atoms with Gasteiger partial charge in [0.05, 0.1) is 38.4 Å². The quantitative estimate of drug-likeness (QED) is 0.215. The van der Waals surface area contributed by atoms with Crippen LogP contribution in [-0.2, 0) is 18.4 Å². The number of methoxy groups -OCH3 is 1. The van der Waals surface area contributed by atoms with E-state index in [1.54, 1.807) is 42.6 Å². The van der Waals surface area contributed by atoms with E-state index < -0.39 is 0 Å². The van der Waals surface area contributed by atoms with Crippen molar-refractivity contribution < 1.29 is 14.2 Å². The van der Waals surface area contributed by atoms with Crippen LogP contribution in [0.2, 0.25) is 0 Å². The van der Waals surface area contributed by atoms with Crippen LogP contribution in [0.3, 0.4) is 0 Å². The summed E-state index contributed by atoms with van der Waals surface area (Å²) in [4.78, 5) is 27.3. The molecule has 12 nitrogen and oxygen atoms in total. The predicted octanol–water partition coefficient (Wildman–Crippen LogP) is 5.51. The number of aromatic nitrogens is 7. The fourth-order valence-electron chi connectivity index (χ4n) is 5.95. The summed E-state index contributed by atoms with van der Waals surface area (Å²) in [5, 5.41) is 7.64. The molecule has 5 aromatic heterocycles. The number of hydrogen-bond donors (Lipinski definition) is 1. The smallest absolute Gasteiger partial charge is 0.274 e. The summed E-state index contributed by atoms with van der Waals surface area (Å²) in [6.07, 6.45) is 14.3. The second-order valence-corrected chi connectivity index (χ2v) is 11.7. The van der Waals surface area contributed by atoms with Gasteiger partial charge >= 0.3 is 0 Å². The zero-order valence-electron chi connectivity index (χ0n) is 25.0. The standard InChI is InChI=1S/C33H32N8O4/c1-39-29-30(43-2)28(45-27-17-36-41-11-10-34-15-26(27)41)16-35-31(29)38-33(39)37-25-12-22(21-8-9-21)18-40(32(25)42)23-13-24(14-23)44-19-20-6-4-3-5-7-20/h3-7,10-12,15-18,21,23-24H,8-9,13-14,19H2,1-2H3,(H,35,37,38). The van der Waals surface area contributed by atoms with Gasteiger partial charge in [0.1, 0.15) is 16.7 Å². The minimum atomic E-state index is -0.0800. The zero-order valence-corrected chi connectivity index (χ0v) is 25.0. The van der Waals surface area contributed by atoms with Crippen LogP contribution in [0, 0.1) is 0 Å². The molecule has 0 bridgehead atoms. The zero-order chi connectivity index (χ0) is 30.5. The van der Waals surface area contributed by atoms with Crippen molar-refractivity contribution in [1.82, 2.24) is 33.7 Å². The van der Waals surface area contributed by atoms with Crippen LogP contribution >= 0.6 is 0 Å². The van der Waals surface area contributed by atoms with Gasteiger partial charge in [-0.1, -0.05) is 30.3 Å². The minimum absolute atomic E-state index is 0.0800. The molecule has 228 valence electrons. The molecule has 2 aliphatic carbocycles. The van der Waals surface area contributed by atoms with Crippen LogP contribution in [0.1, 0.15) is 48.8 Å². The van der Waals surface area contributed by atoms with Gasteiger partial charge in [-0.15, -0.1) is 0 Å². The van der Waals surface area contributed by atoms with Gasteiger partial charge in [-0.25, -0.2) is 9.50 Å². The first-order valence-electron chi connectivity index (χ1n) is 15.1. The fraction of sp³-hybridized carbons (Fsp3) is 0.303. The van der Waals surface area contributed by atoms with Crippen molar-refractivity contribution in [2.45, 2.75) is 50.4 Å². The second kappa shape index (κ2) is 11.0. The summed E-state index contributed by atoms with van der Waals surface area (Å²) in [5.74, 6) is 2.34. The molecule has 45 heavy (non-hydrogen) atoms. The Hall–Kier alpha value is -5.23. The Labute approximate surface area is 258 Å². The van der Waals surface area contributed by atoms with Crippen LogP contribution in [0.25, 0.3) is 16.7 Å². The molecule has 5 heterocycles. The molecular formula is C33H32N8O4. The van der Waals surface area contributed by atoms with Crippen molar-refractivity contribution >= 4 is 28.3 Å². The number of pyridine rings is 2. The summed E-state index contributed by atoms with van der Waals surface area (Å²) in [7, 11) is 3.43. The lowest BCUT2D eigenvalue weighted by Gasteiger charge is -2.36. The third kappa shape index (κ3) is 5.06. The van der Waals surface area contributed by atoms with Gasteiger partial charge in [-0.3, -0.25) is 9.78 Å². The summed E-state index contributed by atoms with van der Waals surface area (Å²) >= 11 is 0. The Kier molecular flexibility index (Phi) is 6.71. The van der Waals surface area contributed by atoms with Crippen molar-refractivity contribution in [3.8, 4) is 17.2 Å². The number of nitrogens with zero attached hydrogens (tertiary/aromatic N) is 7. The van der Waals surface area contributed by atoms with E-state index in [4.69, 9.17) is 19.2 Å². The lowest BCUT2D eigenvalue weighted by atomic mass is 9.88. The third-order valence-electron chi connectivity index (χ3n) is 8.68. The summed E-state index contributed by atoms with van der Waals surface area (Å²) in [6, 6.07) is 12.2. The molecule has 0 spiro atoms. The van der Waals surface area contributed by atoms with Crippen LogP contribution < -0.4 is 20.3 Å². The SMILES string of the molecule is COc1c(Oc2cnn3ccncc23)cnc2nc(Nc3cc(C4CC4)cn(C4CC(OCc5ccccc5)C4)c3=O)n(C)c12. The average molecular weight is 605 g/mol. The summed E-state index contributed by atoms with van der Waals surface area (Å²) < 4.78 is 23.5. The lowest BCUT2D eigenvalue weighted by Crippen LogP contribution is -2.38. The highest BCUT2D eigenvalue weighted by Gasteiger charge is 2.34. The molecule has 2 aliphatic rings. The number of ether oxygens (including phenoxy) is 3. The highest BCUT2D eigenvalue weighted by atomic mass is 16.5. The number of rotatable bonds is 10. The maximum atomic E-state index is 13.8. The Morgan fingerprint density at radius 1 is 1.07 bits per heavy atom. The molecule has 0 radical (unpaired) electrons. The van der Waals surface area contributed by atoms with Crippen molar-refractivity contribution in [3.05, 3.63) is 95.1 Å². The molecule has 0 amide bonds. The highest BCUT2D eigenvalue weighted by Crippen LogP contribution is 2.43. The van der Waals surface area contributed by atoms with Crippen LogP contribution in [-0.4, -0.2) is 46.9 Å². The maximum absolute atomic E-state index is 13.8. The van der Waals surface area contributed by atoms with Gasteiger partial charge in [-0.05, 0) is 48.8 Å². The summed E-state index contributed by atoms with van der Waals surface area (Å²) in [6.45, 7) is 0.579. The normalized spacial score (nSPS) is 17.8. The Morgan fingerprint density at radius 2 is 1.91 bits per heavy atom. The molecule has 0 atom stereocenters. The van der Waals surface area contributed by atoms with Crippen molar-refractivity contribution in [3.63, 3.8) is 0 Å². The average Bonchev–Trinajstić information content (AvgIpc) is 3.75. The van der Waals surface area contributed by atoms with Gasteiger partial charge in [0.15, 0.2) is 22.9 Å². The first-order chi connectivity index (χ1) is 22.1. The van der Waals surface area contributed by atoms with Crippen molar-refractivity contribution in [2.75, 3.05) is 12.4 Å².